The molecule has 0 aromatic rings. The van der Waals surface area contributed by atoms with E-state index in [4.69, 9.17) is 0 Å². The predicted octanol–water partition coefficient (Wildman–Crippen LogP) is 1.41. The smallest absolute Gasteiger partial charge is 0.307 e. The van der Waals surface area contributed by atoms with E-state index in [1.54, 1.807) is 0 Å². The SMILES string of the molecule is COC(=O)C[C@@H](NC(=O)C1CC=CC1)C1CC1. The van der Waals surface area contributed by atoms with E-state index in [2.05, 4.69) is 10.1 Å². The number of rotatable bonds is 5. The third-order valence-corrected chi connectivity index (χ3v) is 3.51. The Kier molecular flexibility index (Phi) is 3.82. The van der Waals surface area contributed by atoms with Gasteiger partial charge in [-0.3, -0.25) is 9.59 Å². The first-order valence-electron chi connectivity index (χ1n) is 6.23. The van der Waals surface area contributed by atoms with Crippen molar-refractivity contribution in [3.63, 3.8) is 0 Å². The van der Waals surface area contributed by atoms with E-state index in [-0.39, 0.29) is 23.8 Å². The molecule has 17 heavy (non-hydrogen) atoms. The third kappa shape index (κ3) is 3.32. The summed E-state index contributed by atoms with van der Waals surface area (Å²) < 4.78 is 4.66. The summed E-state index contributed by atoms with van der Waals surface area (Å²) in [5, 5.41) is 3.01. The maximum Gasteiger partial charge on any atom is 0.307 e. The van der Waals surface area contributed by atoms with Gasteiger partial charge in [0.1, 0.15) is 0 Å². The minimum Gasteiger partial charge on any atom is -0.469 e. The molecule has 94 valence electrons. The third-order valence-electron chi connectivity index (χ3n) is 3.51. The number of methoxy groups -OCH3 is 1. The molecule has 0 saturated heterocycles. The van der Waals surface area contributed by atoms with Gasteiger partial charge < -0.3 is 10.1 Å². The molecule has 1 amide bonds. The Bertz CT molecular complexity index is 326. The Labute approximate surface area is 101 Å². The lowest BCUT2D eigenvalue weighted by Crippen LogP contribution is -2.41. The first-order valence-corrected chi connectivity index (χ1v) is 6.23. The van der Waals surface area contributed by atoms with Crippen molar-refractivity contribution in [3.8, 4) is 0 Å². The number of carbonyl (C=O) groups is 2. The van der Waals surface area contributed by atoms with Gasteiger partial charge in [-0.15, -0.1) is 0 Å². The van der Waals surface area contributed by atoms with E-state index in [1.807, 2.05) is 12.2 Å². The lowest BCUT2D eigenvalue weighted by Gasteiger charge is -2.19. The Balaban J connectivity index is 1.84. The van der Waals surface area contributed by atoms with Crippen LogP contribution in [-0.2, 0) is 14.3 Å². The van der Waals surface area contributed by atoms with Gasteiger partial charge in [-0.05, 0) is 31.6 Å². The lowest BCUT2D eigenvalue weighted by atomic mass is 10.0. The Morgan fingerprint density at radius 1 is 1.35 bits per heavy atom. The maximum absolute atomic E-state index is 12.0. The van der Waals surface area contributed by atoms with Crippen LogP contribution in [0.25, 0.3) is 0 Å². The molecule has 0 bridgehead atoms. The Morgan fingerprint density at radius 2 is 2.00 bits per heavy atom. The molecule has 4 nitrogen and oxygen atoms in total. The van der Waals surface area contributed by atoms with E-state index >= 15 is 0 Å². The number of hydrogen-bond donors (Lipinski definition) is 1. The number of nitrogens with one attached hydrogen (secondary N) is 1. The van der Waals surface area contributed by atoms with Crippen LogP contribution in [0, 0.1) is 11.8 Å². The second-order valence-corrected chi connectivity index (χ2v) is 4.87. The quantitative estimate of drug-likeness (QED) is 0.581. The first-order chi connectivity index (χ1) is 8.20. The van der Waals surface area contributed by atoms with Crippen molar-refractivity contribution in [3.05, 3.63) is 12.2 Å². The topological polar surface area (TPSA) is 55.4 Å². The number of allylic oxidation sites excluding steroid dienone is 2. The molecule has 1 N–H and O–H groups in total. The van der Waals surface area contributed by atoms with Crippen LogP contribution in [-0.4, -0.2) is 25.0 Å². The van der Waals surface area contributed by atoms with E-state index in [9.17, 15) is 9.59 Å². The van der Waals surface area contributed by atoms with E-state index < -0.39 is 0 Å². The molecule has 2 aliphatic carbocycles. The lowest BCUT2D eigenvalue weighted by molar-refractivity contribution is -0.141. The normalized spacial score (nSPS) is 21.2. The maximum atomic E-state index is 12.0. The fourth-order valence-electron chi connectivity index (χ4n) is 2.23. The van der Waals surface area contributed by atoms with Gasteiger partial charge >= 0.3 is 5.97 Å². The highest BCUT2D eigenvalue weighted by Crippen LogP contribution is 2.34. The van der Waals surface area contributed by atoms with Crippen LogP contribution in [0.5, 0.6) is 0 Å². The molecule has 4 heteroatoms. The molecule has 0 heterocycles. The molecule has 2 aliphatic rings. The van der Waals surface area contributed by atoms with E-state index in [1.165, 1.54) is 7.11 Å². The molecular formula is C13H19NO3. The van der Waals surface area contributed by atoms with Gasteiger partial charge in [0, 0.05) is 12.0 Å². The summed E-state index contributed by atoms with van der Waals surface area (Å²) in [6.07, 6.45) is 8.22. The van der Waals surface area contributed by atoms with Crippen molar-refractivity contribution in [2.45, 2.75) is 38.1 Å². The fraction of sp³-hybridized carbons (Fsp3) is 0.692. The first kappa shape index (κ1) is 12.1. The molecule has 0 aromatic heterocycles. The van der Waals surface area contributed by atoms with Crippen LogP contribution in [0.3, 0.4) is 0 Å². The zero-order valence-corrected chi connectivity index (χ0v) is 10.1. The van der Waals surface area contributed by atoms with E-state index in [0.717, 1.165) is 25.7 Å². The van der Waals surface area contributed by atoms with Crippen molar-refractivity contribution >= 4 is 11.9 Å². The summed E-state index contributed by atoms with van der Waals surface area (Å²) in [5.74, 6) is 0.365. The number of carbonyl (C=O) groups excluding carboxylic acids is 2. The molecule has 1 atom stereocenters. The summed E-state index contributed by atoms with van der Waals surface area (Å²) in [6.45, 7) is 0. The summed E-state index contributed by atoms with van der Waals surface area (Å²) in [7, 11) is 1.38. The molecule has 2 rings (SSSR count). The summed E-state index contributed by atoms with van der Waals surface area (Å²) in [4.78, 5) is 23.2. The minimum atomic E-state index is -0.244. The van der Waals surface area contributed by atoms with Crippen molar-refractivity contribution in [1.29, 1.82) is 0 Å². The second-order valence-electron chi connectivity index (χ2n) is 4.87. The van der Waals surface area contributed by atoms with Crippen molar-refractivity contribution < 1.29 is 14.3 Å². The van der Waals surface area contributed by atoms with Crippen molar-refractivity contribution in [2.24, 2.45) is 11.8 Å². The van der Waals surface area contributed by atoms with Gasteiger partial charge in [0.25, 0.3) is 0 Å². The Morgan fingerprint density at radius 3 is 2.53 bits per heavy atom. The molecular weight excluding hydrogens is 218 g/mol. The number of esters is 1. The van der Waals surface area contributed by atoms with Gasteiger partial charge in [-0.2, -0.15) is 0 Å². The highest BCUT2D eigenvalue weighted by Gasteiger charge is 2.35. The van der Waals surface area contributed by atoms with Crippen LogP contribution in [0.2, 0.25) is 0 Å². The van der Waals surface area contributed by atoms with Gasteiger partial charge in [0.2, 0.25) is 5.91 Å². The van der Waals surface area contributed by atoms with E-state index in [0.29, 0.717) is 12.3 Å². The van der Waals surface area contributed by atoms with Gasteiger partial charge in [0.05, 0.1) is 13.5 Å². The largest absolute Gasteiger partial charge is 0.469 e. The zero-order chi connectivity index (χ0) is 12.3. The van der Waals surface area contributed by atoms with Crippen molar-refractivity contribution in [2.75, 3.05) is 7.11 Å². The number of hydrogen-bond acceptors (Lipinski definition) is 3. The fourth-order valence-corrected chi connectivity index (χ4v) is 2.23. The predicted molar refractivity (Wildman–Crippen MR) is 63.2 cm³/mol. The molecule has 0 radical (unpaired) electrons. The van der Waals surface area contributed by atoms with Crippen molar-refractivity contribution in [1.82, 2.24) is 5.32 Å². The summed E-state index contributed by atoms with van der Waals surface area (Å²) in [6, 6.07) is -0.0319. The van der Waals surface area contributed by atoms with Gasteiger partial charge in [0.15, 0.2) is 0 Å². The van der Waals surface area contributed by atoms with Crippen LogP contribution in [0.15, 0.2) is 12.2 Å². The molecule has 0 unspecified atom stereocenters. The van der Waals surface area contributed by atoms with Crippen LogP contribution >= 0.6 is 0 Å². The summed E-state index contributed by atoms with van der Waals surface area (Å²) >= 11 is 0. The molecule has 1 saturated carbocycles. The highest BCUT2D eigenvalue weighted by atomic mass is 16.5. The van der Waals surface area contributed by atoms with Gasteiger partial charge in [-0.25, -0.2) is 0 Å². The minimum absolute atomic E-state index is 0.0319. The number of ether oxygens (including phenoxy) is 1. The highest BCUT2D eigenvalue weighted by molar-refractivity contribution is 5.80. The molecule has 0 aromatic carbocycles. The average Bonchev–Trinajstić information content (AvgIpc) is 3.02. The van der Waals surface area contributed by atoms with Crippen LogP contribution < -0.4 is 5.32 Å². The monoisotopic (exact) mass is 237 g/mol. The second kappa shape index (κ2) is 5.34. The number of amides is 1. The van der Waals surface area contributed by atoms with Gasteiger partial charge in [-0.1, -0.05) is 12.2 Å². The molecule has 0 aliphatic heterocycles. The summed E-state index contributed by atoms with van der Waals surface area (Å²) in [5.41, 5.74) is 0. The Hall–Kier alpha value is -1.32. The van der Waals surface area contributed by atoms with Crippen LogP contribution in [0.1, 0.15) is 32.1 Å². The molecule has 0 spiro atoms. The molecule has 1 fully saturated rings. The van der Waals surface area contributed by atoms with Crippen LogP contribution in [0.4, 0.5) is 0 Å². The zero-order valence-electron chi connectivity index (χ0n) is 10.1. The average molecular weight is 237 g/mol. The standard InChI is InChI=1S/C13H19NO3/c1-17-12(15)8-11(9-6-7-9)14-13(16)10-4-2-3-5-10/h2-3,9-11H,4-8H2,1H3,(H,14,16)/t11-/m1/s1.